The van der Waals surface area contributed by atoms with Crippen LogP contribution >= 0.6 is 11.6 Å². The highest BCUT2D eigenvalue weighted by Gasteiger charge is 2.02. The summed E-state index contributed by atoms with van der Waals surface area (Å²) in [6, 6.07) is 14.6. The van der Waals surface area contributed by atoms with E-state index in [1.807, 2.05) is 30.3 Å². The highest BCUT2D eigenvalue weighted by molar-refractivity contribution is 6.30. The molecule has 0 fully saturated rings. The topological polar surface area (TPSA) is 46.9 Å². The van der Waals surface area contributed by atoms with Crippen molar-refractivity contribution in [3.63, 3.8) is 0 Å². The van der Waals surface area contributed by atoms with Crippen molar-refractivity contribution in [2.75, 3.05) is 5.32 Å². The van der Waals surface area contributed by atoms with Crippen LogP contribution in [0.3, 0.4) is 0 Å². The van der Waals surface area contributed by atoms with E-state index in [1.165, 1.54) is 4.57 Å². The molecular weight excluding hydrogens is 274 g/mol. The number of nitrogens with one attached hydrogen (secondary N) is 1. The maximum Gasteiger partial charge on any atom is 0.262 e. The van der Waals surface area contributed by atoms with Gasteiger partial charge in [0.15, 0.2) is 0 Å². The van der Waals surface area contributed by atoms with Gasteiger partial charge in [-0.25, -0.2) is 4.98 Å². The van der Waals surface area contributed by atoms with Gasteiger partial charge in [0.25, 0.3) is 5.56 Å². The lowest BCUT2D eigenvalue weighted by atomic mass is 10.2. The molecule has 5 heteroatoms. The second-order valence-corrected chi connectivity index (χ2v) is 4.81. The molecule has 0 aliphatic heterocycles. The molecule has 0 amide bonds. The Labute approximate surface area is 120 Å². The number of anilines is 1. The Balaban J connectivity index is 1.86. The van der Waals surface area contributed by atoms with E-state index in [4.69, 9.17) is 11.6 Å². The van der Waals surface area contributed by atoms with E-state index in [0.29, 0.717) is 22.6 Å². The Hall–Kier alpha value is -2.33. The van der Waals surface area contributed by atoms with E-state index in [2.05, 4.69) is 10.3 Å². The van der Waals surface area contributed by atoms with Gasteiger partial charge in [0, 0.05) is 10.7 Å². The lowest BCUT2D eigenvalue weighted by molar-refractivity contribution is 0.729. The molecule has 1 heterocycles. The van der Waals surface area contributed by atoms with Crippen LogP contribution in [-0.4, -0.2) is 9.55 Å². The molecule has 1 aromatic heterocycles. The second kappa shape index (κ2) is 5.35. The smallest absolute Gasteiger partial charge is 0.262 e. The molecule has 0 atom stereocenters. The molecule has 3 rings (SSSR count). The highest BCUT2D eigenvalue weighted by atomic mass is 35.5. The SMILES string of the molecule is O=c1c2ccccc2ncn1CNc1ccc(Cl)cc1. The predicted octanol–water partition coefficient (Wildman–Crippen LogP) is 3.12. The Bertz CT molecular complexity index is 796. The average molecular weight is 286 g/mol. The first kappa shape index (κ1) is 12.7. The lowest BCUT2D eigenvalue weighted by Gasteiger charge is -2.09. The number of fused-ring (bicyclic) bond motifs is 1. The molecule has 0 radical (unpaired) electrons. The summed E-state index contributed by atoms with van der Waals surface area (Å²) >= 11 is 5.83. The zero-order valence-corrected chi connectivity index (χ0v) is 11.3. The van der Waals surface area contributed by atoms with Gasteiger partial charge in [0.1, 0.15) is 0 Å². The van der Waals surface area contributed by atoms with Gasteiger partial charge in [-0.2, -0.15) is 0 Å². The number of hydrogen-bond donors (Lipinski definition) is 1. The Morgan fingerprint density at radius 2 is 1.85 bits per heavy atom. The van der Waals surface area contributed by atoms with Gasteiger partial charge in [-0.1, -0.05) is 23.7 Å². The van der Waals surface area contributed by atoms with Crippen LogP contribution in [0, 0.1) is 0 Å². The summed E-state index contributed by atoms with van der Waals surface area (Å²) < 4.78 is 1.54. The molecule has 0 saturated carbocycles. The molecule has 4 nitrogen and oxygen atoms in total. The zero-order valence-electron chi connectivity index (χ0n) is 10.6. The van der Waals surface area contributed by atoms with Crippen molar-refractivity contribution >= 4 is 28.2 Å². The van der Waals surface area contributed by atoms with Gasteiger partial charge < -0.3 is 5.32 Å². The lowest BCUT2D eigenvalue weighted by Crippen LogP contribution is -2.24. The second-order valence-electron chi connectivity index (χ2n) is 4.38. The number of para-hydroxylation sites is 1. The van der Waals surface area contributed by atoms with Crippen LogP contribution in [-0.2, 0) is 6.67 Å². The Morgan fingerprint density at radius 1 is 1.10 bits per heavy atom. The number of hydrogen-bond acceptors (Lipinski definition) is 3. The van der Waals surface area contributed by atoms with Crippen molar-refractivity contribution in [2.24, 2.45) is 0 Å². The summed E-state index contributed by atoms with van der Waals surface area (Å²) in [4.78, 5) is 16.5. The van der Waals surface area contributed by atoms with E-state index >= 15 is 0 Å². The van der Waals surface area contributed by atoms with Gasteiger partial charge >= 0.3 is 0 Å². The van der Waals surface area contributed by atoms with E-state index in [-0.39, 0.29) is 5.56 Å². The molecule has 1 N–H and O–H groups in total. The van der Waals surface area contributed by atoms with Crippen LogP contribution in [0.4, 0.5) is 5.69 Å². The number of nitrogens with zero attached hydrogens (tertiary/aromatic N) is 2. The summed E-state index contributed by atoms with van der Waals surface area (Å²) in [6.45, 7) is 0.359. The molecule has 0 saturated heterocycles. The fraction of sp³-hybridized carbons (Fsp3) is 0.0667. The molecule has 2 aromatic carbocycles. The normalized spacial score (nSPS) is 10.7. The van der Waals surface area contributed by atoms with E-state index in [1.54, 1.807) is 24.5 Å². The molecular formula is C15H12ClN3O. The zero-order chi connectivity index (χ0) is 13.9. The van der Waals surface area contributed by atoms with Crippen LogP contribution in [0.5, 0.6) is 0 Å². The first-order chi connectivity index (χ1) is 9.74. The summed E-state index contributed by atoms with van der Waals surface area (Å²) in [6.07, 6.45) is 1.55. The predicted molar refractivity (Wildman–Crippen MR) is 81.1 cm³/mol. The van der Waals surface area contributed by atoms with Gasteiger partial charge in [-0.05, 0) is 36.4 Å². The third-order valence-corrected chi connectivity index (χ3v) is 3.28. The summed E-state index contributed by atoms with van der Waals surface area (Å²) in [5, 5.41) is 4.46. The van der Waals surface area contributed by atoms with Crippen molar-refractivity contribution in [1.82, 2.24) is 9.55 Å². The van der Waals surface area contributed by atoms with Crippen LogP contribution in [0.15, 0.2) is 59.7 Å². The van der Waals surface area contributed by atoms with Gasteiger partial charge in [0.2, 0.25) is 0 Å². The van der Waals surface area contributed by atoms with Crippen LogP contribution < -0.4 is 10.9 Å². The van der Waals surface area contributed by atoms with Gasteiger partial charge in [-0.15, -0.1) is 0 Å². The molecule has 20 heavy (non-hydrogen) atoms. The molecule has 0 aliphatic rings. The fourth-order valence-corrected chi connectivity index (χ4v) is 2.09. The number of benzene rings is 2. The maximum atomic E-state index is 12.3. The molecule has 0 bridgehead atoms. The maximum absolute atomic E-state index is 12.3. The average Bonchev–Trinajstić information content (AvgIpc) is 2.49. The van der Waals surface area contributed by atoms with E-state index < -0.39 is 0 Å². The molecule has 0 spiro atoms. The van der Waals surface area contributed by atoms with Crippen LogP contribution in [0.2, 0.25) is 5.02 Å². The molecule has 0 unspecified atom stereocenters. The van der Waals surface area contributed by atoms with Crippen molar-refractivity contribution in [3.8, 4) is 0 Å². The Morgan fingerprint density at radius 3 is 2.65 bits per heavy atom. The quantitative estimate of drug-likeness (QED) is 0.804. The fourth-order valence-electron chi connectivity index (χ4n) is 1.96. The summed E-state index contributed by atoms with van der Waals surface area (Å²) in [5.41, 5.74) is 1.55. The van der Waals surface area contributed by atoms with Crippen molar-refractivity contribution in [1.29, 1.82) is 0 Å². The largest absolute Gasteiger partial charge is 0.367 e. The van der Waals surface area contributed by atoms with Crippen molar-refractivity contribution in [2.45, 2.75) is 6.67 Å². The van der Waals surface area contributed by atoms with Crippen molar-refractivity contribution in [3.05, 3.63) is 70.2 Å². The third kappa shape index (κ3) is 2.51. The van der Waals surface area contributed by atoms with Crippen molar-refractivity contribution < 1.29 is 0 Å². The molecule has 100 valence electrons. The first-order valence-corrected chi connectivity index (χ1v) is 6.55. The van der Waals surface area contributed by atoms with Crippen LogP contribution in [0.1, 0.15) is 0 Å². The van der Waals surface area contributed by atoms with Gasteiger partial charge in [-0.3, -0.25) is 9.36 Å². The minimum atomic E-state index is -0.0583. The Kier molecular flexibility index (Phi) is 3.39. The summed E-state index contributed by atoms with van der Waals surface area (Å²) in [5.74, 6) is 0. The first-order valence-electron chi connectivity index (χ1n) is 6.18. The van der Waals surface area contributed by atoms with E-state index in [0.717, 1.165) is 5.69 Å². The third-order valence-electron chi connectivity index (χ3n) is 3.03. The number of aromatic nitrogens is 2. The summed E-state index contributed by atoms with van der Waals surface area (Å²) in [7, 11) is 0. The van der Waals surface area contributed by atoms with E-state index in [9.17, 15) is 4.79 Å². The number of rotatable bonds is 3. The minimum absolute atomic E-state index is 0.0583. The standard InChI is InChI=1S/C15H12ClN3O/c16-11-5-7-12(8-6-11)17-9-19-10-18-14-4-2-1-3-13(14)15(19)20/h1-8,10,17H,9H2. The minimum Gasteiger partial charge on any atom is -0.367 e. The monoisotopic (exact) mass is 285 g/mol. The van der Waals surface area contributed by atoms with Crippen LogP contribution in [0.25, 0.3) is 10.9 Å². The number of halogens is 1. The molecule has 0 aliphatic carbocycles. The van der Waals surface area contributed by atoms with Gasteiger partial charge in [0.05, 0.1) is 23.9 Å². The molecule has 3 aromatic rings. The highest BCUT2D eigenvalue weighted by Crippen LogP contribution is 2.13.